The minimum atomic E-state index is -1.58. The molecule has 100 valence electrons. The van der Waals surface area contributed by atoms with Gasteiger partial charge >= 0.3 is 5.69 Å². The van der Waals surface area contributed by atoms with Crippen molar-refractivity contribution in [3.63, 3.8) is 0 Å². The maximum Gasteiger partial charge on any atom is 0.336 e. The summed E-state index contributed by atoms with van der Waals surface area (Å²) in [7, 11) is 1.31. The van der Waals surface area contributed by atoms with Crippen LogP contribution in [0.3, 0.4) is 0 Å². The Bertz CT molecular complexity index is 751. The van der Waals surface area contributed by atoms with Crippen molar-refractivity contribution in [1.82, 2.24) is 9.55 Å². The van der Waals surface area contributed by atoms with Gasteiger partial charge in [-0.2, -0.15) is 4.39 Å². The van der Waals surface area contributed by atoms with Crippen molar-refractivity contribution in [2.45, 2.75) is 0 Å². The number of benzene rings is 1. The maximum atomic E-state index is 13.6. The lowest BCUT2D eigenvalue weighted by atomic mass is 10.2. The molecule has 0 aliphatic rings. The molecule has 2 aromatic rings. The monoisotopic (exact) mass is 270 g/mol. The van der Waals surface area contributed by atoms with Crippen LogP contribution in [0.15, 0.2) is 27.8 Å². The molecule has 0 saturated carbocycles. The van der Waals surface area contributed by atoms with Gasteiger partial charge in [-0.05, 0) is 12.1 Å². The average molecular weight is 270 g/mol. The molecule has 2 rings (SSSR count). The summed E-state index contributed by atoms with van der Waals surface area (Å²) < 4.78 is 32.0. The summed E-state index contributed by atoms with van der Waals surface area (Å²) in [6, 6.07) is 3.33. The number of halogens is 2. The SMILES string of the molecule is COc1ccc(F)c(-n2c(O)c(F)c(=O)[nH]c2=O)c1. The highest BCUT2D eigenvalue weighted by molar-refractivity contribution is 5.42. The molecule has 0 fully saturated rings. The fourth-order valence-electron chi connectivity index (χ4n) is 1.52. The van der Waals surface area contributed by atoms with Crippen LogP contribution >= 0.6 is 0 Å². The van der Waals surface area contributed by atoms with Crippen LogP contribution in [0.4, 0.5) is 8.78 Å². The highest BCUT2D eigenvalue weighted by Crippen LogP contribution is 2.22. The summed E-state index contributed by atoms with van der Waals surface area (Å²) in [5, 5.41) is 9.46. The second-order valence-corrected chi connectivity index (χ2v) is 3.55. The van der Waals surface area contributed by atoms with Gasteiger partial charge in [0, 0.05) is 6.07 Å². The first-order valence-corrected chi connectivity index (χ1v) is 5.03. The molecule has 2 N–H and O–H groups in total. The zero-order chi connectivity index (χ0) is 14.2. The molecule has 0 spiro atoms. The van der Waals surface area contributed by atoms with Gasteiger partial charge in [0.2, 0.25) is 11.7 Å². The normalized spacial score (nSPS) is 10.5. The Kier molecular flexibility index (Phi) is 3.07. The first-order chi connectivity index (χ1) is 8.95. The van der Waals surface area contributed by atoms with Gasteiger partial charge in [-0.1, -0.05) is 0 Å². The van der Waals surface area contributed by atoms with Gasteiger partial charge in [0.05, 0.1) is 12.8 Å². The fraction of sp³-hybridized carbons (Fsp3) is 0.0909. The van der Waals surface area contributed by atoms with E-state index in [1.165, 1.54) is 13.2 Å². The van der Waals surface area contributed by atoms with Gasteiger partial charge in [-0.3, -0.25) is 9.78 Å². The molecule has 0 atom stereocenters. The third-order valence-corrected chi connectivity index (χ3v) is 2.43. The molecule has 0 aliphatic carbocycles. The van der Waals surface area contributed by atoms with Crippen molar-refractivity contribution >= 4 is 0 Å². The molecule has 0 amide bonds. The number of hydrogen-bond donors (Lipinski definition) is 2. The molecule has 6 nitrogen and oxygen atoms in total. The van der Waals surface area contributed by atoms with Gasteiger partial charge < -0.3 is 9.84 Å². The van der Waals surface area contributed by atoms with E-state index in [0.29, 0.717) is 4.57 Å². The Balaban J connectivity index is 2.83. The number of nitrogens with zero attached hydrogens (tertiary/aromatic N) is 1. The largest absolute Gasteiger partial charge is 0.497 e. The molecule has 1 aromatic carbocycles. The smallest absolute Gasteiger partial charge is 0.336 e. The number of rotatable bonds is 2. The zero-order valence-electron chi connectivity index (χ0n) is 9.61. The van der Waals surface area contributed by atoms with Gasteiger partial charge in [-0.15, -0.1) is 0 Å². The highest BCUT2D eigenvalue weighted by atomic mass is 19.1. The number of H-pyrrole nitrogens is 1. The van der Waals surface area contributed by atoms with Crippen LogP contribution in [0.5, 0.6) is 11.6 Å². The molecule has 8 heteroatoms. The molecule has 1 aromatic heterocycles. The van der Waals surface area contributed by atoms with Crippen LogP contribution in [-0.4, -0.2) is 21.8 Å². The van der Waals surface area contributed by atoms with Crippen molar-refractivity contribution in [2.24, 2.45) is 0 Å². The number of hydrogen-bond acceptors (Lipinski definition) is 4. The van der Waals surface area contributed by atoms with Gasteiger partial charge in [0.1, 0.15) is 11.6 Å². The molecule has 1 heterocycles. The molecule has 0 saturated heterocycles. The Labute approximate surface area is 104 Å². The number of ether oxygens (including phenoxy) is 1. The standard InChI is InChI=1S/C11H8F2N2O4/c1-19-5-2-3-6(12)7(4-5)15-10(17)8(13)9(16)14-11(15)18/h2-4,17H,1H3,(H,14,16,18). The van der Waals surface area contributed by atoms with Crippen LogP contribution < -0.4 is 16.0 Å². The van der Waals surface area contributed by atoms with Crippen LogP contribution in [0.25, 0.3) is 5.69 Å². The minimum absolute atomic E-state index is 0.189. The van der Waals surface area contributed by atoms with E-state index in [2.05, 4.69) is 0 Å². The summed E-state index contributed by atoms with van der Waals surface area (Å²) in [5.74, 6) is -3.57. The number of methoxy groups -OCH3 is 1. The topological polar surface area (TPSA) is 84.3 Å². The molecule has 0 radical (unpaired) electrons. The Hall–Kier alpha value is -2.64. The quantitative estimate of drug-likeness (QED) is 0.833. The zero-order valence-corrected chi connectivity index (χ0v) is 9.61. The fourth-order valence-corrected chi connectivity index (χ4v) is 1.52. The van der Waals surface area contributed by atoms with Gasteiger partial charge in [0.25, 0.3) is 5.56 Å². The van der Waals surface area contributed by atoms with E-state index in [-0.39, 0.29) is 5.75 Å². The van der Waals surface area contributed by atoms with Gasteiger partial charge in [0.15, 0.2) is 0 Å². The van der Waals surface area contributed by atoms with E-state index in [4.69, 9.17) is 4.74 Å². The molecular weight excluding hydrogens is 262 g/mol. The first kappa shape index (κ1) is 12.8. The molecule has 0 aliphatic heterocycles. The molecule has 0 bridgehead atoms. The summed E-state index contributed by atoms with van der Waals surface area (Å²) in [4.78, 5) is 24.1. The molecule has 19 heavy (non-hydrogen) atoms. The third kappa shape index (κ3) is 2.07. The third-order valence-electron chi connectivity index (χ3n) is 2.43. The van der Waals surface area contributed by atoms with E-state index in [1.54, 1.807) is 4.98 Å². The summed E-state index contributed by atoms with van der Waals surface area (Å²) >= 11 is 0. The molecule has 0 unspecified atom stereocenters. The molecular formula is C11H8F2N2O4. The number of nitrogens with one attached hydrogen (secondary N) is 1. The number of aromatic hydroxyl groups is 1. The van der Waals surface area contributed by atoms with E-state index < -0.39 is 34.5 Å². The van der Waals surface area contributed by atoms with E-state index in [1.807, 2.05) is 0 Å². The number of aromatic amines is 1. The average Bonchev–Trinajstić information content (AvgIpc) is 2.38. The van der Waals surface area contributed by atoms with Crippen LogP contribution in [-0.2, 0) is 0 Å². The first-order valence-electron chi connectivity index (χ1n) is 5.03. The number of aromatic nitrogens is 2. The predicted molar refractivity (Wildman–Crippen MR) is 60.8 cm³/mol. The van der Waals surface area contributed by atoms with Gasteiger partial charge in [-0.25, -0.2) is 13.8 Å². The lowest BCUT2D eigenvalue weighted by Gasteiger charge is -2.10. The van der Waals surface area contributed by atoms with E-state index in [0.717, 1.165) is 12.1 Å². The summed E-state index contributed by atoms with van der Waals surface area (Å²) in [6.07, 6.45) is 0. The van der Waals surface area contributed by atoms with Crippen molar-refractivity contribution in [2.75, 3.05) is 7.11 Å². The Morgan fingerprint density at radius 1 is 1.32 bits per heavy atom. The summed E-state index contributed by atoms with van der Waals surface area (Å²) in [6.45, 7) is 0. The van der Waals surface area contributed by atoms with Crippen molar-refractivity contribution < 1.29 is 18.6 Å². The Morgan fingerprint density at radius 3 is 2.63 bits per heavy atom. The van der Waals surface area contributed by atoms with Crippen LogP contribution in [0.2, 0.25) is 0 Å². The second-order valence-electron chi connectivity index (χ2n) is 3.55. The predicted octanol–water partition coefficient (Wildman–Crippen LogP) is 0.518. The maximum absolute atomic E-state index is 13.6. The Morgan fingerprint density at radius 2 is 2.00 bits per heavy atom. The van der Waals surface area contributed by atoms with E-state index in [9.17, 15) is 23.5 Å². The summed E-state index contributed by atoms with van der Waals surface area (Å²) in [5.41, 5.74) is -3.00. The lowest BCUT2D eigenvalue weighted by Crippen LogP contribution is -2.31. The van der Waals surface area contributed by atoms with Crippen LogP contribution in [0, 0.1) is 11.6 Å². The van der Waals surface area contributed by atoms with Crippen molar-refractivity contribution in [3.8, 4) is 17.3 Å². The van der Waals surface area contributed by atoms with E-state index >= 15 is 0 Å². The minimum Gasteiger partial charge on any atom is -0.497 e. The van der Waals surface area contributed by atoms with Crippen molar-refractivity contribution in [1.29, 1.82) is 0 Å². The lowest BCUT2D eigenvalue weighted by molar-refractivity contribution is 0.382. The highest BCUT2D eigenvalue weighted by Gasteiger charge is 2.18. The second kappa shape index (κ2) is 4.56. The van der Waals surface area contributed by atoms with Crippen molar-refractivity contribution in [3.05, 3.63) is 50.7 Å². The van der Waals surface area contributed by atoms with Crippen LogP contribution in [0.1, 0.15) is 0 Å².